The third-order valence-corrected chi connectivity index (χ3v) is 4.63. The maximum Gasteiger partial charge on any atom is 0.240 e. The van der Waals surface area contributed by atoms with Gasteiger partial charge in [-0.25, -0.2) is 13.1 Å². The summed E-state index contributed by atoms with van der Waals surface area (Å²) < 4.78 is 31.7. The average Bonchev–Trinajstić information content (AvgIpc) is 2.86. The summed E-state index contributed by atoms with van der Waals surface area (Å²) in [5.74, 6) is 1.71. The summed E-state index contributed by atoms with van der Waals surface area (Å²) in [5.41, 5.74) is 0.840. The smallest absolute Gasteiger partial charge is 0.240 e. The molecule has 0 aliphatic rings. The van der Waals surface area contributed by atoms with E-state index in [4.69, 9.17) is 4.42 Å². The molecule has 114 valence electrons. The van der Waals surface area contributed by atoms with Crippen LogP contribution in [0.1, 0.15) is 31.4 Å². The average molecular weight is 308 g/mol. The summed E-state index contributed by atoms with van der Waals surface area (Å²) in [4.78, 5) is 0.261. The topological polar surface area (TPSA) is 71.3 Å². The van der Waals surface area contributed by atoms with Crippen molar-refractivity contribution in [3.8, 4) is 0 Å². The number of furan rings is 1. The van der Waals surface area contributed by atoms with Gasteiger partial charge >= 0.3 is 0 Å². The van der Waals surface area contributed by atoms with Crippen LogP contribution in [0.15, 0.2) is 45.7 Å². The molecule has 0 aliphatic carbocycles. The molecule has 0 aliphatic heterocycles. The number of hydrogen-bond acceptors (Lipinski definition) is 4. The van der Waals surface area contributed by atoms with Crippen LogP contribution in [-0.2, 0) is 10.0 Å². The lowest BCUT2D eigenvalue weighted by molar-refractivity contribution is 0.467. The second-order valence-corrected chi connectivity index (χ2v) is 6.61. The lowest BCUT2D eigenvalue weighted by Gasteiger charge is -2.13. The first-order chi connectivity index (χ1) is 9.92. The number of aryl methyl sites for hydroxylation is 1. The van der Waals surface area contributed by atoms with Crippen LogP contribution in [-0.4, -0.2) is 15.0 Å². The summed E-state index contributed by atoms with van der Waals surface area (Å²) >= 11 is 0. The molecule has 0 fully saturated rings. The highest BCUT2D eigenvalue weighted by Crippen LogP contribution is 2.22. The van der Waals surface area contributed by atoms with E-state index in [0.717, 1.165) is 17.2 Å². The van der Waals surface area contributed by atoms with Crippen LogP contribution in [0.25, 0.3) is 0 Å². The monoisotopic (exact) mass is 308 g/mol. The molecule has 6 heteroatoms. The summed E-state index contributed by atoms with van der Waals surface area (Å²) in [5, 5.41) is 3.27. The summed E-state index contributed by atoms with van der Waals surface area (Å²) in [7, 11) is -3.40. The number of sulfonamides is 1. The molecule has 0 bridgehead atoms. The normalized spacial score (nSPS) is 13.1. The van der Waals surface area contributed by atoms with Gasteiger partial charge in [-0.1, -0.05) is 6.92 Å². The van der Waals surface area contributed by atoms with Crippen molar-refractivity contribution in [2.45, 2.75) is 31.7 Å². The summed E-state index contributed by atoms with van der Waals surface area (Å²) in [6.07, 6.45) is 0. The van der Waals surface area contributed by atoms with Crippen LogP contribution < -0.4 is 10.0 Å². The molecule has 5 nitrogen and oxygen atoms in total. The Morgan fingerprint density at radius 1 is 1.14 bits per heavy atom. The predicted molar refractivity (Wildman–Crippen MR) is 82.8 cm³/mol. The molecule has 2 N–H and O–H groups in total. The molecule has 0 saturated heterocycles. The van der Waals surface area contributed by atoms with Gasteiger partial charge in [-0.2, -0.15) is 0 Å². The molecule has 21 heavy (non-hydrogen) atoms. The zero-order valence-electron chi connectivity index (χ0n) is 12.4. The zero-order chi connectivity index (χ0) is 15.5. The van der Waals surface area contributed by atoms with Crippen molar-refractivity contribution in [1.29, 1.82) is 0 Å². The molecule has 0 radical (unpaired) electrons. The zero-order valence-corrected chi connectivity index (χ0v) is 13.2. The molecule has 0 saturated carbocycles. The molecule has 2 rings (SSSR count). The van der Waals surface area contributed by atoms with Gasteiger partial charge in [-0.3, -0.25) is 0 Å². The first kappa shape index (κ1) is 15.6. The number of anilines is 1. The molecule has 1 atom stereocenters. The van der Waals surface area contributed by atoms with Crippen LogP contribution in [0.2, 0.25) is 0 Å². The maximum atomic E-state index is 11.8. The van der Waals surface area contributed by atoms with E-state index in [-0.39, 0.29) is 10.9 Å². The van der Waals surface area contributed by atoms with E-state index in [1.165, 1.54) is 0 Å². The van der Waals surface area contributed by atoms with Gasteiger partial charge in [0, 0.05) is 12.2 Å². The summed E-state index contributed by atoms with van der Waals surface area (Å²) in [6, 6.07) is 10.5. The molecular formula is C15H20N2O3S. The van der Waals surface area contributed by atoms with E-state index in [1.807, 2.05) is 26.0 Å². The predicted octanol–water partition coefficient (Wildman–Crippen LogP) is 3.06. The molecule has 0 amide bonds. The Kier molecular flexibility index (Phi) is 4.69. The number of rotatable bonds is 6. The first-order valence-electron chi connectivity index (χ1n) is 6.85. The van der Waals surface area contributed by atoms with Gasteiger partial charge in [-0.15, -0.1) is 0 Å². The third-order valence-electron chi connectivity index (χ3n) is 3.07. The Balaban J connectivity index is 2.09. The quantitative estimate of drug-likeness (QED) is 0.860. The van der Waals surface area contributed by atoms with Crippen LogP contribution in [0.3, 0.4) is 0 Å². The van der Waals surface area contributed by atoms with Gasteiger partial charge in [0.05, 0.1) is 10.9 Å². The molecule has 1 heterocycles. The Hall–Kier alpha value is -1.79. The standard InChI is InChI=1S/C15H20N2O3S/c1-4-16-21(18,19)14-8-6-13(7-9-14)17-12(3)15-10-5-11(2)20-15/h5-10,12,16-17H,4H2,1-3H3. The highest BCUT2D eigenvalue weighted by atomic mass is 32.2. The van der Waals surface area contributed by atoms with E-state index in [2.05, 4.69) is 10.0 Å². The van der Waals surface area contributed by atoms with E-state index in [1.54, 1.807) is 31.2 Å². The van der Waals surface area contributed by atoms with Gasteiger partial charge in [0.15, 0.2) is 0 Å². The minimum atomic E-state index is -3.40. The van der Waals surface area contributed by atoms with E-state index < -0.39 is 10.0 Å². The first-order valence-corrected chi connectivity index (χ1v) is 8.33. The highest BCUT2D eigenvalue weighted by Gasteiger charge is 2.13. The largest absolute Gasteiger partial charge is 0.464 e. The lowest BCUT2D eigenvalue weighted by Crippen LogP contribution is -2.23. The third kappa shape index (κ3) is 3.86. The van der Waals surface area contributed by atoms with Gasteiger partial charge in [0.1, 0.15) is 11.5 Å². The van der Waals surface area contributed by atoms with Crippen LogP contribution >= 0.6 is 0 Å². The highest BCUT2D eigenvalue weighted by molar-refractivity contribution is 7.89. The molecule has 1 aromatic carbocycles. The number of hydrogen-bond donors (Lipinski definition) is 2. The van der Waals surface area contributed by atoms with E-state index >= 15 is 0 Å². The number of benzene rings is 1. The summed E-state index contributed by atoms with van der Waals surface area (Å²) in [6.45, 7) is 6.01. The number of nitrogens with one attached hydrogen (secondary N) is 2. The molecule has 1 aromatic heterocycles. The minimum absolute atomic E-state index is 0.00919. The second-order valence-electron chi connectivity index (χ2n) is 4.84. The Morgan fingerprint density at radius 2 is 1.81 bits per heavy atom. The van der Waals surface area contributed by atoms with Crippen molar-refractivity contribution in [2.75, 3.05) is 11.9 Å². The van der Waals surface area contributed by atoms with Gasteiger partial charge in [-0.05, 0) is 50.2 Å². The van der Waals surface area contributed by atoms with Crippen molar-refractivity contribution in [2.24, 2.45) is 0 Å². The van der Waals surface area contributed by atoms with Crippen LogP contribution in [0.4, 0.5) is 5.69 Å². The molecular weight excluding hydrogens is 288 g/mol. The van der Waals surface area contributed by atoms with Gasteiger partial charge < -0.3 is 9.73 Å². The maximum absolute atomic E-state index is 11.8. The Bertz CT molecular complexity index is 690. The minimum Gasteiger partial charge on any atom is -0.464 e. The van der Waals surface area contributed by atoms with Gasteiger partial charge in [0.25, 0.3) is 0 Å². The van der Waals surface area contributed by atoms with Crippen molar-refractivity contribution in [3.05, 3.63) is 47.9 Å². The molecule has 1 unspecified atom stereocenters. The lowest BCUT2D eigenvalue weighted by atomic mass is 10.2. The van der Waals surface area contributed by atoms with E-state index in [9.17, 15) is 8.42 Å². The fourth-order valence-electron chi connectivity index (χ4n) is 2.01. The molecule has 0 spiro atoms. The van der Waals surface area contributed by atoms with Crippen molar-refractivity contribution in [1.82, 2.24) is 4.72 Å². The van der Waals surface area contributed by atoms with Gasteiger partial charge in [0.2, 0.25) is 10.0 Å². The van der Waals surface area contributed by atoms with Crippen molar-refractivity contribution >= 4 is 15.7 Å². The van der Waals surface area contributed by atoms with Crippen molar-refractivity contribution < 1.29 is 12.8 Å². The van der Waals surface area contributed by atoms with Crippen molar-refractivity contribution in [3.63, 3.8) is 0 Å². The fourth-order valence-corrected chi connectivity index (χ4v) is 3.05. The Morgan fingerprint density at radius 3 is 2.33 bits per heavy atom. The van der Waals surface area contributed by atoms with Crippen LogP contribution in [0, 0.1) is 6.92 Å². The SMILES string of the molecule is CCNS(=O)(=O)c1ccc(NC(C)c2ccc(C)o2)cc1. The molecule has 2 aromatic rings. The Labute approximate surface area is 125 Å². The van der Waals surface area contributed by atoms with Crippen LogP contribution in [0.5, 0.6) is 0 Å². The second kappa shape index (κ2) is 6.32. The fraction of sp³-hybridized carbons (Fsp3) is 0.333. The van der Waals surface area contributed by atoms with E-state index in [0.29, 0.717) is 6.54 Å².